The van der Waals surface area contributed by atoms with Gasteiger partial charge in [-0.05, 0) is 29.2 Å². The minimum atomic E-state index is -3.47. The van der Waals surface area contributed by atoms with Crippen LogP contribution < -0.4 is 27.6 Å². The van der Waals surface area contributed by atoms with Crippen LogP contribution in [0.4, 0.5) is 11.8 Å². The molecule has 0 aliphatic carbocycles. The Kier molecular flexibility index (Phi) is 8.01. The van der Waals surface area contributed by atoms with Crippen molar-refractivity contribution in [2.45, 2.75) is 50.0 Å². The molecule has 4 aromatic heterocycles. The van der Waals surface area contributed by atoms with Crippen LogP contribution in [-0.2, 0) is 34.9 Å². The molecular weight excluding hydrogens is 614 g/mol. The van der Waals surface area contributed by atoms with Crippen LogP contribution in [-0.4, -0.2) is 75.4 Å². The molecule has 9 N–H and O–H groups in total. The number of aromatic nitrogens is 8. The van der Waals surface area contributed by atoms with Crippen molar-refractivity contribution in [1.82, 2.24) is 44.1 Å². The number of nitrogens with one attached hydrogen (secondary N) is 2. The van der Waals surface area contributed by atoms with Gasteiger partial charge in [-0.3, -0.25) is 24.4 Å². The molecule has 2 aliphatic heterocycles. The van der Waals surface area contributed by atoms with Crippen molar-refractivity contribution in [3.8, 4) is 0 Å². The van der Waals surface area contributed by atoms with Gasteiger partial charge in [-0.25, -0.2) is 19.9 Å². The van der Waals surface area contributed by atoms with E-state index >= 15 is 0 Å². The first-order valence-electron chi connectivity index (χ1n) is 12.6. The van der Waals surface area contributed by atoms with Gasteiger partial charge in [0.05, 0.1) is 31.4 Å². The molecule has 2 saturated heterocycles. The summed E-state index contributed by atoms with van der Waals surface area (Å²) < 4.78 is 39.3. The summed E-state index contributed by atoms with van der Waals surface area (Å²) >= 11 is 4.78. The lowest BCUT2D eigenvalue weighted by Gasteiger charge is -2.18. The second kappa shape index (κ2) is 11.6. The maximum atomic E-state index is 13.0. The third kappa shape index (κ3) is 6.04. The largest absolute Gasteiger partial charge is 0.613 e. The number of hydrogen-bond acceptors (Lipinski definition) is 14. The van der Waals surface area contributed by atoms with E-state index in [-0.39, 0.29) is 36.6 Å². The SMILES string of the molecule is Nc1nc2c(ncn2[C@H]2CC[C@@H](CO[P+](=O)N[C@H]3C[C@H](n4cnc5c(N)ncnc54)O[C@@H]3COP(N)(O)=S)O2)c(=O)[nH]1. The number of nitrogen functional groups attached to an aromatic ring is 2. The van der Waals surface area contributed by atoms with E-state index in [4.69, 9.17) is 47.3 Å². The number of imidazole rings is 2. The molecule has 224 valence electrons. The average Bonchev–Trinajstić information content (AvgIpc) is 3.71. The minimum absolute atomic E-state index is 0.0265. The van der Waals surface area contributed by atoms with E-state index in [2.05, 4.69) is 35.0 Å². The second-order valence-electron chi connectivity index (χ2n) is 9.66. The van der Waals surface area contributed by atoms with Crippen molar-refractivity contribution in [3.63, 3.8) is 0 Å². The quantitative estimate of drug-likeness (QED) is 0.123. The Morgan fingerprint density at radius 3 is 2.67 bits per heavy atom. The number of H-pyrrole nitrogens is 1. The summed E-state index contributed by atoms with van der Waals surface area (Å²) in [6, 6.07) is -0.541. The standard InChI is InChI=1S/C20H26N12O7P2S/c21-16-14-17(25-6-24-16)32(7-26-14)13-3-10(11(39-13)5-37-41(23,35)42)30-40(34)36-4-9-1-2-12(38-9)31-8-27-15-18(31)28-20(22)29-19(15)33/h6-13H,1-5H2,(H8-,21,22,23,24,25,28,29,30,33,34,35,42)/p+1/t9-,10-,11+,12+,13+,41?/m0/s1. The number of hydrogen-bond donors (Lipinski definition) is 6. The predicted molar refractivity (Wildman–Crippen MR) is 151 cm³/mol. The number of nitrogens with two attached hydrogens (primary N) is 3. The Labute approximate surface area is 242 Å². The Balaban J connectivity index is 1.08. The number of nitrogens with zero attached hydrogens (tertiary/aromatic N) is 7. The lowest BCUT2D eigenvalue weighted by atomic mass is 10.1. The van der Waals surface area contributed by atoms with E-state index in [9.17, 15) is 14.3 Å². The first kappa shape index (κ1) is 29.1. The predicted octanol–water partition coefficient (Wildman–Crippen LogP) is -0.0867. The van der Waals surface area contributed by atoms with Crippen LogP contribution in [0.3, 0.4) is 0 Å². The molecule has 0 radical (unpaired) electrons. The number of anilines is 2. The van der Waals surface area contributed by atoms with Crippen molar-refractivity contribution in [2.24, 2.45) is 5.50 Å². The van der Waals surface area contributed by atoms with Gasteiger partial charge in [0.25, 0.3) is 12.2 Å². The number of fused-ring (bicyclic) bond motifs is 2. The Morgan fingerprint density at radius 1 is 1.12 bits per heavy atom. The average molecular weight is 642 g/mol. The van der Waals surface area contributed by atoms with Gasteiger partial charge in [-0.2, -0.15) is 4.98 Å². The van der Waals surface area contributed by atoms with Gasteiger partial charge in [0.15, 0.2) is 22.6 Å². The van der Waals surface area contributed by atoms with Gasteiger partial charge in [-0.15, -0.1) is 4.52 Å². The minimum Gasteiger partial charge on any atom is -0.382 e. The summed E-state index contributed by atoms with van der Waals surface area (Å²) in [4.78, 5) is 45.0. The Morgan fingerprint density at radius 2 is 1.88 bits per heavy atom. The molecule has 42 heavy (non-hydrogen) atoms. The topological polar surface area (TPSA) is 271 Å². The fourth-order valence-corrected chi connectivity index (χ4v) is 6.41. The lowest BCUT2D eigenvalue weighted by Crippen LogP contribution is -2.35. The van der Waals surface area contributed by atoms with Gasteiger partial charge in [-0.1, -0.05) is 5.09 Å². The highest BCUT2D eigenvalue weighted by atomic mass is 32.5. The number of ether oxygens (including phenoxy) is 2. The summed E-state index contributed by atoms with van der Waals surface area (Å²) in [6.07, 6.45) is 3.71. The molecule has 4 aromatic rings. The molecule has 2 fully saturated rings. The molecule has 0 spiro atoms. The summed E-state index contributed by atoms with van der Waals surface area (Å²) in [5.74, 6) is 0.194. The summed E-state index contributed by atoms with van der Waals surface area (Å²) in [5, 5.41) is 2.93. The Bertz CT molecular complexity index is 1740. The van der Waals surface area contributed by atoms with E-state index in [1.54, 1.807) is 9.13 Å². The highest BCUT2D eigenvalue weighted by Crippen LogP contribution is 2.38. The van der Waals surface area contributed by atoms with E-state index in [1.165, 1.54) is 19.0 Å². The zero-order chi connectivity index (χ0) is 29.6. The van der Waals surface area contributed by atoms with Crippen LogP contribution in [0.5, 0.6) is 0 Å². The number of aromatic amines is 1. The molecule has 2 unspecified atom stereocenters. The molecule has 0 saturated carbocycles. The van der Waals surface area contributed by atoms with Crippen molar-refractivity contribution >= 4 is 60.7 Å². The molecule has 0 amide bonds. The first-order valence-corrected chi connectivity index (χ1v) is 16.6. The van der Waals surface area contributed by atoms with Crippen molar-refractivity contribution < 1.29 is 28.0 Å². The third-order valence-corrected chi connectivity index (χ3v) is 8.61. The highest BCUT2D eigenvalue weighted by molar-refractivity contribution is 8.08. The second-order valence-corrected chi connectivity index (χ2v) is 13.6. The molecule has 2 aliphatic rings. The summed E-state index contributed by atoms with van der Waals surface area (Å²) in [7, 11) is -2.38. The molecular formula is C20H27N12O7P2S+. The molecule has 0 bridgehead atoms. The fraction of sp³-hybridized carbons (Fsp3) is 0.500. The van der Waals surface area contributed by atoms with E-state index < -0.39 is 45.0 Å². The zero-order valence-electron chi connectivity index (χ0n) is 21.7. The van der Waals surface area contributed by atoms with Crippen molar-refractivity contribution in [3.05, 3.63) is 29.3 Å². The van der Waals surface area contributed by atoms with Crippen LogP contribution in [0.2, 0.25) is 0 Å². The van der Waals surface area contributed by atoms with E-state index in [0.717, 1.165) is 0 Å². The molecule has 22 heteroatoms. The smallest absolute Gasteiger partial charge is 0.382 e. The van der Waals surface area contributed by atoms with Crippen LogP contribution in [0.25, 0.3) is 22.3 Å². The molecule has 19 nitrogen and oxygen atoms in total. The first-order chi connectivity index (χ1) is 20.1. The van der Waals surface area contributed by atoms with Gasteiger partial charge in [0, 0.05) is 6.42 Å². The summed E-state index contributed by atoms with van der Waals surface area (Å²) in [5.41, 5.74) is 18.0. The molecule has 7 atom stereocenters. The maximum Gasteiger partial charge on any atom is 0.613 e. The van der Waals surface area contributed by atoms with Crippen molar-refractivity contribution in [2.75, 3.05) is 24.7 Å². The van der Waals surface area contributed by atoms with Gasteiger partial charge < -0.3 is 30.4 Å². The van der Waals surface area contributed by atoms with E-state index in [1.807, 2.05) is 0 Å². The van der Waals surface area contributed by atoms with Crippen LogP contribution in [0.15, 0.2) is 23.8 Å². The highest BCUT2D eigenvalue weighted by Gasteiger charge is 2.43. The molecule has 6 rings (SSSR count). The van der Waals surface area contributed by atoms with Gasteiger partial charge in [0.1, 0.15) is 37.0 Å². The van der Waals surface area contributed by atoms with Crippen LogP contribution in [0.1, 0.15) is 31.7 Å². The Hall–Kier alpha value is -3.03. The fourth-order valence-electron chi connectivity index (χ4n) is 4.94. The van der Waals surface area contributed by atoms with Crippen LogP contribution >= 0.6 is 14.8 Å². The van der Waals surface area contributed by atoms with Crippen molar-refractivity contribution in [1.29, 1.82) is 0 Å². The van der Waals surface area contributed by atoms with E-state index in [0.29, 0.717) is 36.1 Å². The number of rotatable bonds is 10. The van der Waals surface area contributed by atoms with Gasteiger partial charge in [0.2, 0.25) is 5.95 Å². The van der Waals surface area contributed by atoms with Gasteiger partial charge >= 0.3 is 8.18 Å². The lowest BCUT2D eigenvalue weighted by molar-refractivity contribution is -0.0202. The molecule has 0 aromatic carbocycles. The monoisotopic (exact) mass is 641 g/mol. The summed E-state index contributed by atoms with van der Waals surface area (Å²) in [6.45, 7) is -3.59. The zero-order valence-corrected chi connectivity index (χ0v) is 24.3. The molecule has 6 heterocycles. The maximum absolute atomic E-state index is 13.0. The van der Waals surface area contributed by atoms with Crippen LogP contribution in [0, 0.1) is 0 Å². The third-order valence-electron chi connectivity index (χ3n) is 6.85. The normalized spacial score (nSPS) is 26.2.